The number of para-hydroxylation sites is 1. The van der Waals surface area contributed by atoms with Gasteiger partial charge in [0.25, 0.3) is 10.0 Å². The first kappa shape index (κ1) is 24.2. The van der Waals surface area contributed by atoms with E-state index in [1.807, 2.05) is 50.1 Å². The predicted molar refractivity (Wildman–Crippen MR) is 143 cm³/mol. The second-order valence-electron chi connectivity index (χ2n) is 10.2. The van der Waals surface area contributed by atoms with Crippen molar-refractivity contribution in [1.29, 1.82) is 0 Å². The first-order valence-corrected chi connectivity index (χ1v) is 15.2. The van der Waals surface area contributed by atoms with Gasteiger partial charge in [0.05, 0.1) is 15.2 Å². The smallest absolute Gasteiger partial charge is 0.265 e. The monoisotopic (exact) mass is 535 g/mol. The van der Waals surface area contributed by atoms with Crippen LogP contribution in [0.3, 0.4) is 0 Å². The van der Waals surface area contributed by atoms with E-state index in [0.717, 1.165) is 28.0 Å². The van der Waals surface area contributed by atoms with E-state index < -0.39 is 31.6 Å². The Balaban J connectivity index is 1.47. The van der Waals surface area contributed by atoms with Crippen molar-refractivity contribution >= 4 is 25.7 Å². The third-order valence-electron chi connectivity index (χ3n) is 8.03. The van der Waals surface area contributed by atoms with E-state index in [-0.39, 0.29) is 16.3 Å². The zero-order valence-electron chi connectivity index (χ0n) is 21.0. The second kappa shape index (κ2) is 8.18. The summed E-state index contributed by atoms with van der Waals surface area (Å²) in [5.74, 6) is 0. The van der Waals surface area contributed by atoms with Gasteiger partial charge in [-0.1, -0.05) is 53.6 Å². The Morgan fingerprint density at radius 2 is 1.35 bits per heavy atom. The van der Waals surface area contributed by atoms with Crippen LogP contribution in [0.2, 0.25) is 0 Å². The fourth-order valence-corrected chi connectivity index (χ4v) is 9.09. The number of benzene rings is 3. The molecule has 9 heteroatoms. The molecule has 0 saturated carbocycles. The fraction of sp³-hybridized carbons (Fsp3) is 0.286. The number of sulfonamides is 2. The molecule has 0 unspecified atom stereocenters. The maximum atomic E-state index is 14.0. The maximum absolute atomic E-state index is 14.0. The Bertz CT molecular complexity index is 1630. The lowest BCUT2D eigenvalue weighted by atomic mass is 9.71. The highest BCUT2D eigenvalue weighted by Gasteiger charge is 2.62. The number of likely N-dealkylation sites (N-methyl/N-ethyl adjacent to an activating group) is 1. The van der Waals surface area contributed by atoms with Crippen LogP contribution in [0.4, 0.5) is 5.69 Å². The van der Waals surface area contributed by atoms with Gasteiger partial charge in [-0.25, -0.2) is 16.8 Å². The van der Waals surface area contributed by atoms with Crippen molar-refractivity contribution in [1.82, 2.24) is 8.61 Å². The average Bonchev–Trinajstić information content (AvgIpc) is 3.36. The minimum atomic E-state index is -3.89. The Morgan fingerprint density at radius 3 is 1.97 bits per heavy atom. The van der Waals surface area contributed by atoms with Crippen LogP contribution < -0.4 is 4.90 Å². The summed E-state index contributed by atoms with van der Waals surface area (Å²) >= 11 is 0. The minimum absolute atomic E-state index is 0.134. The van der Waals surface area contributed by atoms with Gasteiger partial charge >= 0.3 is 0 Å². The molecule has 1 saturated heterocycles. The van der Waals surface area contributed by atoms with Gasteiger partial charge in [0.1, 0.15) is 6.17 Å². The predicted octanol–water partition coefficient (Wildman–Crippen LogP) is 4.00. The Kier molecular flexibility index (Phi) is 5.35. The SMILES string of the molecule is Cc1ccc(S(=O)(=O)N2CC[C@@]34C(=CN(S(=O)(=O)c5ccc(C)cc5)[C@@H]3N(C)c3ccccc34)C2)cc1. The van der Waals surface area contributed by atoms with E-state index in [0.29, 0.717) is 13.0 Å². The highest BCUT2D eigenvalue weighted by molar-refractivity contribution is 7.89. The summed E-state index contributed by atoms with van der Waals surface area (Å²) in [5, 5.41) is 0. The Hall–Kier alpha value is -3.14. The number of rotatable bonds is 4. The van der Waals surface area contributed by atoms with Crippen LogP contribution in [-0.4, -0.2) is 51.7 Å². The zero-order chi connectivity index (χ0) is 26.2. The second-order valence-corrected chi connectivity index (χ2v) is 14.0. The number of fused-ring (bicyclic) bond motifs is 1. The van der Waals surface area contributed by atoms with Crippen LogP contribution in [0.25, 0.3) is 0 Å². The molecule has 0 aromatic heterocycles. The third-order valence-corrected chi connectivity index (χ3v) is 11.6. The van der Waals surface area contributed by atoms with Crippen LogP contribution in [0.5, 0.6) is 0 Å². The number of anilines is 1. The molecule has 3 aliphatic rings. The molecule has 1 spiro atoms. The van der Waals surface area contributed by atoms with E-state index in [4.69, 9.17) is 0 Å². The van der Waals surface area contributed by atoms with Crippen molar-refractivity contribution in [2.45, 2.75) is 41.6 Å². The molecule has 0 amide bonds. The molecule has 0 bridgehead atoms. The summed E-state index contributed by atoms with van der Waals surface area (Å²) in [7, 11) is -5.71. The van der Waals surface area contributed by atoms with Gasteiger partial charge in [-0.3, -0.25) is 4.31 Å². The van der Waals surface area contributed by atoms with Crippen molar-refractivity contribution < 1.29 is 16.8 Å². The molecule has 3 aliphatic heterocycles. The Morgan fingerprint density at radius 1 is 0.784 bits per heavy atom. The molecule has 6 rings (SSSR count). The van der Waals surface area contributed by atoms with Gasteiger partial charge in [0, 0.05) is 32.0 Å². The largest absolute Gasteiger partial charge is 0.352 e. The van der Waals surface area contributed by atoms with Crippen molar-refractivity contribution in [3.8, 4) is 0 Å². The van der Waals surface area contributed by atoms with Gasteiger partial charge < -0.3 is 4.90 Å². The summed E-state index contributed by atoms with van der Waals surface area (Å²) in [6.07, 6.45) is 1.66. The van der Waals surface area contributed by atoms with Gasteiger partial charge in [0.2, 0.25) is 10.0 Å². The lowest BCUT2D eigenvalue weighted by Gasteiger charge is -2.43. The number of piperidine rings is 1. The van der Waals surface area contributed by atoms with E-state index in [1.165, 1.54) is 8.61 Å². The van der Waals surface area contributed by atoms with Crippen LogP contribution in [-0.2, 0) is 25.5 Å². The molecular weight excluding hydrogens is 506 g/mol. The average molecular weight is 536 g/mol. The van der Waals surface area contributed by atoms with Crippen LogP contribution in [0, 0.1) is 13.8 Å². The van der Waals surface area contributed by atoms with E-state index >= 15 is 0 Å². The first-order chi connectivity index (χ1) is 17.6. The van der Waals surface area contributed by atoms with Crippen LogP contribution in [0.1, 0.15) is 23.1 Å². The lowest BCUT2D eigenvalue weighted by Crippen LogP contribution is -2.55. The summed E-state index contributed by atoms with van der Waals surface area (Å²) in [4.78, 5) is 2.49. The molecule has 0 aliphatic carbocycles. The van der Waals surface area contributed by atoms with E-state index in [2.05, 4.69) is 0 Å². The van der Waals surface area contributed by atoms with E-state index in [1.54, 1.807) is 54.7 Å². The molecule has 3 aromatic carbocycles. The zero-order valence-corrected chi connectivity index (χ0v) is 22.6. The number of hydrogen-bond donors (Lipinski definition) is 0. The molecule has 37 heavy (non-hydrogen) atoms. The van der Waals surface area contributed by atoms with Crippen LogP contribution >= 0.6 is 0 Å². The molecule has 0 radical (unpaired) electrons. The quantitative estimate of drug-likeness (QED) is 0.505. The molecule has 1 fully saturated rings. The fourth-order valence-electron chi connectivity index (χ4n) is 6.10. The summed E-state index contributed by atoms with van der Waals surface area (Å²) in [6.45, 7) is 4.27. The molecular formula is C28H29N3O4S2. The minimum Gasteiger partial charge on any atom is -0.352 e. The van der Waals surface area contributed by atoms with Crippen molar-refractivity contribution in [3.63, 3.8) is 0 Å². The number of nitrogens with zero attached hydrogens (tertiary/aromatic N) is 3. The number of hydrogen-bond acceptors (Lipinski definition) is 5. The molecule has 3 aromatic rings. The molecule has 0 N–H and O–H groups in total. The summed E-state index contributed by atoms with van der Waals surface area (Å²) in [6, 6.07) is 21.7. The highest BCUT2D eigenvalue weighted by atomic mass is 32.2. The van der Waals surface area contributed by atoms with Crippen LogP contribution in [0.15, 0.2) is 94.4 Å². The first-order valence-electron chi connectivity index (χ1n) is 12.3. The maximum Gasteiger partial charge on any atom is 0.265 e. The van der Waals surface area contributed by atoms with Crippen molar-refractivity contribution in [2.24, 2.45) is 0 Å². The van der Waals surface area contributed by atoms with Gasteiger partial charge in [-0.05, 0) is 61.7 Å². The number of aryl methyl sites for hydroxylation is 2. The van der Waals surface area contributed by atoms with Crippen molar-refractivity contribution in [3.05, 3.63) is 101 Å². The Labute approximate surface area is 218 Å². The summed E-state index contributed by atoms with van der Waals surface area (Å²) < 4.78 is 58.0. The topological polar surface area (TPSA) is 78.0 Å². The van der Waals surface area contributed by atoms with Gasteiger partial charge in [-0.15, -0.1) is 0 Å². The molecule has 3 heterocycles. The standard InChI is InChI=1S/C28H29N3O4S2/c1-20-8-12-23(13-9-20)36(32,33)30-17-16-28-22(18-30)19-31(37(34,35)24-14-10-21(2)11-15-24)27(28)29(3)26-7-5-4-6-25(26)28/h4-15,19,27H,16-18H2,1-3H3/t27-,28-/m0/s1. The van der Waals surface area contributed by atoms with Crippen molar-refractivity contribution in [2.75, 3.05) is 25.0 Å². The molecule has 192 valence electrons. The molecule has 2 atom stereocenters. The third kappa shape index (κ3) is 3.41. The highest BCUT2D eigenvalue weighted by Crippen LogP contribution is 2.58. The normalized spacial score (nSPS) is 23.4. The van der Waals surface area contributed by atoms with E-state index in [9.17, 15) is 16.8 Å². The summed E-state index contributed by atoms with van der Waals surface area (Å²) in [5.41, 5.74) is 4.15. The van der Waals surface area contributed by atoms with Gasteiger partial charge in [-0.2, -0.15) is 4.31 Å². The van der Waals surface area contributed by atoms with Gasteiger partial charge in [0.15, 0.2) is 0 Å². The lowest BCUT2D eigenvalue weighted by molar-refractivity contribution is 0.254. The molecule has 7 nitrogen and oxygen atoms in total.